The average molecular weight is 126 g/mol. The van der Waals surface area contributed by atoms with E-state index in [1.54, 1.807) is 6.92 Å². The van der Waals surface area contributed by atoms with Crippen molar-refractivity contribution < 1.29 is 9.90 Å². The first-order valence-electron chi connectivity index (χ1n) is 3.06. The molecule has 2 nitrogen and oxygen atoms in total. The molecule has 1 N–H and O–H groups in total. The van der Waals surface area contributed by atoms with Gasteiger partial charge in [-0.05, 0) is 12.5 Å². The van der Waals surface area contributed by atoms with Gasteiger partial charge in [-0.15, -0.1) is 0 Å². The van der Waals surface area contributed by atoms with Gasteiger partial charge in [-0.3, -0.25) is 4.79 Å². The third kappa shape index (κ3) is 1.19. The Morgan fingerprint density at radius 3 is 2.78 bits per heavy atom. The normalized spacial score (nSPS) is 26.7. The molecule has 1 aliphatic carbocycles. The summed E-state index contributed by atoms with van der Waals surface area (Å²) in [6.45, 7) is 1.89. The Morgan fingerprint density at radius 2 is 2.56 bits per heavy atom. The van der Waals surface area contributed by atoms with E-state index in [1.807, 2.05) is 6.08 Å². The van der Waals surface area contributed by atoms with Crippen LogP contribution in [0.1, 0.15) is 13.3 Å². The molecule has 2 heteroatoms. The van der Waals surface area contributed by atoms with Crippen LogP contribution in [0, 0.1) is 5.92 Å². The fourth-order valence-corrected chi connectivity index (χ4v) is 1.02. The fraction of sp³-hybridized carbons (Fsp3) is 0.571. The van der Waals surface area contributed by atoms with Crippen molar-refractivity contribution in [3.05, 3.63) is 11.6 Å². The molecule has 0 aromatic rings. The molecule has 0 heterocycles. The lowest BCUT2D eigenvalue weighted by molar-refractivity contribution is -0.115. The van der Waals surface area contributed by atoms with Crippen molar-refractivity contribution >= 4 is 5.78 Å². The summed E-state index contributed by atoms with van der Waals surface area (Å²) in [5.41, 5.74) is 0.800. The number of ketones is 1. The van der Waals surface area contributed by atoms with E-state index in [4.69, 9.17) is 5.11 Å². The highest BCUT2D eigenvalue weighted by Crippen LogP contribution is 2.18. The minimum absolute atomic E-state index is 0.0949. The Hall–Kier alpha value is -0.630. The van der Waals surface area contributed by atoms with Crippen molar-refractivity contribution in [2.75, 3.05) is 6.61 Å². The van der Waals surface area contributed by atoms with Crippen molar-refractivity contribution in [2.45, 2.75) is 13.3 Å². The topological polar surface area (TPSA) is 37.3 Å². The van der Waals surface area contributed by atoms with Gasteiger partial charge in [0.15, 0.2) is 5.78 Å². The maximum Gasteiger partial charge on any atom is 0.158 e. The molecule has 0 fully saturated rings. The number of allylic oxidation sites excluding steroid dienone is 1. The molecule has 0 aromatic carbocycles. The highest BCUT2D eigenvalue weighted by atomic mass is 16.3. The van der Waals surface area contributed by atoms with Gasteiger partial charge < -0.3 is 5.11 Å². The van der Waals surface area contributed by atoms with Crippen LogP contribution in [-0.2, 0) is 4.79 Å². The third-order valence-corrected chi connectivity index (χ3v) is 1.61. The smallest absolute Gasteiger partial charge is 0.158 e. The van der Waals surface area contributed by atoms with E-state index in [1.165, 1.54) is 0 Å². The number of rotatable bonds is 1. The second-order valence-corrected chi connectivity index (χ2v) is 2.42. The second kappa shape index (κ2) is 2.31. The Kier molecular flexibility index (Phi) is 1.67. The SMILES string of the molecule is CC1=CC(CO)CC1=O. The number of hydrogen-bond acceptors (Lipinski definition) is 2. The molecular weight excluding hydrogens is 116 g/mol. The standard InChI is InChI=1S/C7H10O2/c1-5-2-6(4-8)3-7(5)9/h2,6,8H,3-4H2,1H3. The van der Waals surface area contributed by atoms with Crippen LogP contribution in [0.25, 0.3) is 0 Å². The number of aliphatic hydroxyl groups excluding tert-OH is 1. The summed E-state index contributed by atoms with van der Waals surface area (Å²) in [6.07, 6.45) is 2.34. The molecule has 0 spiro atoms. The maximum atomic E-state index is 10.8. The molecule has 1 unspecified atom stereocenters. The third-order valence-electron chi connectivity index (χ3n) is 1.61. The monoisotopic (exact) mass is 126 g/mol. The first kappa shape index (κ1) is 6.49. The van der Waals surface area contributed by atoms with Gasteiger partial charge in [0.2, 0.25) is 0 Å². The van der Waals surface area contributed by atoms with E-state index < -0.39 is 0 Å². The summed E-state index contributed by atoms with van der Waals surface area (Å²) in [7, 11) is 0. The van der Waals surface area contributed by atoms with E-state index in [0.29, 0.717) is 6.42 Å². The first-order valence-corrected chi connectivity index (χ1v) is 3.06. The molecule has 0 saturated carbocycles. The fourth-order valence-electron chi connectivity index (χ4n) is 1.02. The first-order chi connectivity index (χ1) is 4.24. The molecule has 0 aromatic heterocycles. The number of aliphatic hydroxyl groups is 1. The summed E-state index contributed by atoms with van der Waals surface area (Å²) in [6, 6.07) is 0. The predicted octanol–water partition coefficient (Wildman–Crippen LogP) is 0.514. The highest BCUT2D eigenvalue weighted by Gasteiger charge is 2.19. The maximum absolute atomic E-state index is 10.8. The summed E-state index contributed by atoms with van der Waals surface area (Å²) < 4.78 is 0. The van der Waals surface area contributed by atoms with E-state index in [2.05, 4.69) is 0 Å². The van der Waals surface area contributed by atoms with Crippen molar-refractivity contribution in [3.8, 4) is 0 Å². The van der Waals surface area contributed by atoms with Crippen LogP contribution >= 0.6 is 0 Å². The largest absolute Gasteiger partial charge is 0.396 e. The van der Waals surface area contributed by atoms with Crippen molar-refractivity contribution in [1.29, 1.82) is 0 Å². The summed E-state index contributed by atoms with van der Waals surface area (Å²) in [5, 5.41) is 8.60. The Labute approximate surface area is 54.2 Å². The Bertz CT molecular complexity index is 158. The minimum atomic E-state index is 0.0949. The lowest BCUT2D eigenvalue weighted by Gasteiger charge is -1.96. The molecule has 1 aliphatic rings. The molecular formula is C7H10O2. The highest BCUT2D eigenvalue weighted by molar-refractivity contribution is 5.97. The zero-order valence-corrected chi connectivity index (χ0v) is 5.42. The summed E-state index contributed by atoms with van der Waals surface area (Å²) >= 11 is 0. The zero-order valence-electron chi connectivity index (χ0n) is 5.42. The molecule has 0 bridgehead atoms. The van der Waals surface area contributed by atoms with Crippen molar-refractivity contribution in [1.82, 2.24) is 0 Å². The Balaban J connectivity index is 2.62. The summed E-state index contributed by atoms with van der Waals surface area (Å²) in [5.74, 6) is 0.270. The van der Waals surface area contributed by atoms with E-state index in [9.17, 15) is 4.79 Å². The van der Waals surface area contributed by atoms with Gasteiger partial charge in [0.25, 0.3) is 0 Å². The van der Waals surface area contributed by atoms with E-state index in [0.717, 1.165) is 5.57 Å². The van der Waals surface area contributed by atoms with Crippen LogP contribution < -0.4 is 0 Å². The van der Waals surface area contributed by atoms with Crippen molar-refractivity contribution in [2.24, 2.45) is 5.92 Å². The van der Waals surface area contributed by atoms with Crippen LogP contribution in [0.3, 0.4) is 0 Å². The van der Waals surface area contributed by atoms with Gasteiger partial charge >= 0.3 is 0 Å². The number of carbonyl (C=O) groups is 1. The molecule has 1 atom stereocenters. The number of Topliss-reactive ketones (excluding diaryl/α,β-unsaturated/α-hetero) is 1. The van der Waals surface area contributed by atoms with Crippen LogP contribution in [0.2, 0.25) is 0 Å². The number of hydrogen-bond donors (Lipinski definition) is 1. The van der Waals surface area contributed by atoms with Gasteiger partial charge in [0.1, 0.15) is 0 Å². The molecule has 0 aliphatic heterocycles. The molecule has 0 radical (unpaired) electrons. The van der Waals surface area contributed by atoms with E-state index in [-0.39, 0.29) is 18.3 Å². The minimum Gasteiger partial charge on any atom is -0.396 e. The van der Waals surface area contributed by atoms with Crippen molar-refractivity contribution in [3.63, 3.8) is 0 Å². The van der Waals surface area contributed by atoms with Gasteiger partial charge in [-0.2, -0.15) is 0 Å². The molecule has 0 amide bonds. The molecule has 50 valence electrons. The van der Waals surface area contributed by atoms with Crippen LogP contribution in [0.4, 0.5) is 0 Å². The average Bonchev–Trinajstić information content (AvgIpc) is 2.13. The van der Waals surface area contributed by atoms with Gasteiger partial charge in [0, 0.05) is 18.9 Å². The molecule has 9 heavy (non-hydrogen) atoms. The van der Waals surface area contributed by atoms with Gasteiger partial charge in [-0.25, -0.2) is 0 Å². The van der Waals surface area contributed by atoms with Crippen LogP contribution in [-0.4, -0.2) is 17.5 Å². The quantitative estimate of drug-likeness (QED) is 0.556. The van der Waals surface area contributed by atoms with Crippen LogP contribution in [0.15, 0.2) is 11.6 Å². The van der Waals surface area contributed by atoms with Gasteiger partial charge in [0.05, 0.1) is 0 Å². The van der Waals surface area contributed by atoms with Crippen LogP contribution in [0.5, 0.6) is 0 Å². The second-order valence-electron chi connectivity index (χ2n) is 2.42. The molecule has 0 saturated heterocycles. The lowest BCUT2D eigenvalue weighted by Crippen LogP contribution is -2.01. The Morgan fingerprint density at radius 1 is 1.89 bits per heavy atom. The van der Waals surface area contributed by atoms with E-state index >= 15 is 0 Å². The lowest BCUT2D eigenvalue weighted by atomic mass is 10.1. The zero-order chi connectivity index (χ0) is 6.85. The predicted molar refractivity (Wildman–Crippen MR) is 34.0 cm³/mol. The number of carbonyl (C=O) groups excluding carboxylic acids is 1. The molecule has 1 rings (SSSR count). The summed E-state index contributed by atoms with van der Waals surface area (Å²) in [4.78, 5) is 10.8. The van der Waals surface area contributed by atoms with Gasteiger partial charge in [-0.1, -0.05) is 6.08 Å².